The van der Waals surface area contributed by atoms with E-state index in [2.05, 4.69) is 5.32 Å². The molecule has 0 spiro atoms. The molecular formula is C15H25NO4. The number of aliphatic hydroxyl groups is 2. The second-order valence-electron chi connectivity index (χ2n) is 4.92. The highest BCUT2D eigenvalue weighted by Crippen LogP contribution is 2.30. The van der Waals surface area contributed by atoms with Gasteiger partial charge < -0.3 is 25.0 Å². The van der Waals surface area contributed by atoms with E-state index in [9.17, 15) is 10.2 Å². The lowest BCUT2D eigenvalue weighted by atomic mass is 9.95. The zero-order valence-corrected chi connectivity index (χ0v) is 12.6. The zero-order valence-electron chi connectivity index (χ0n) is 12.6. The SMILES string of the molecule is CCC(CO)(CO)NC(C)c1cc(OC)ccc1OC. The molecule has 0 saturated heterocycles. The molecule has 0 radical (unpaired) electrons. The van der Waals surface area contributed by atoms with Crippen molar-refractivity contribution in [3.05, 3.63) is 23.8 Å². The van der Waals surface area contributed by atoms with Crippen molar-refractivity contribution in [3.63, 3.8) is 0 Å². The minimum Gasteiger partial charge on any atom is -0.497 e. The lowest BCUT2D eigenvalue weighted by molar-refractivity contribution is 0.0790. The lowest BCUT2D eigenvalue weighted by Gasteiger charge is -2.34. The molecule has 0 amide bonds. The molecule has 0 bridgehead atoms. The van der Waals surface area contributed by atoms with Crippen molar-refractivity contribution in [2.24, 2.45) is 0 Å². The Morgan fingerprint density at radius 2 is 1.85 bits per heavy atom. The normalized spacial score (nSPS) is 13.1. The number of methoxy groups -OCH3 is 2. The molecule has 1 aromatic rings. The maximum atomic E-state index is 9.52. The van der Waals surface area contributed by atoms with Gasteiger partial charge in [-0.05, 0) is 31.5 Å². The average Bonchev–Trinajstić information content (AvgIpc) is 2.51. The second-order valence-corrected chi connectivity index (χ2v) is 4.92. The summed E-state index contributed by atoms with van der Waals surface area (Å²) in [5.41, 5.74) is 0.222. The number of nitrogens with one attached hydrogen (secondary N) is 1. The molecule has 1 atom stereocenters. The molecule has 5 heteroatoms. The zero-order chi connectivity index (χ0) is 15.2. The largest absolute Gasteiger partial charge is 0.497 e. The summed E-state index contributed by atoms with van der Waals surface area (Å²) in [6, 6.07) is 5.48. The fourth-order valence-electron chi connectivity index (χ4n) is 2.18. The van der Waals surface area contributed by atoms with Crippen molar-refractivity contribution < 1.29 is 19.7 Å². The molecular weight excluding hydrogens is 258 g/mol. The van der Waals surface area contributed by atoms with Gasteiger partial charge in [0.25, 0.3) is 0 Å². The molecule has 0 aromatic heterocycles. The van der Waals surface area contributed by atoms with Crippen molar-refractivity contribution in [1.82, 2.24) is 5.32 Å². The van der Waals surface area contributed by atoms with Gasteiger partial charge in [-0.2, -0.15) is 0 Å². The van der Waals surface area contributed by atoms with Crippen LogP contribution in [0.4, 0.5) is 0 Å². The molecule has 1 rings (SSSR count). The third-order valence-electron chi connectivity index (χ3n) is 3.71. The van der Waals surface area contributed by atoms with Gasteiger partial charge >= 0.3 is 0 Å². The fourth-order valence-corrected chi connectivity index (χ4v) is 2.18. The first kappa shape index (κ1) is 16.8. The summed E-state index contributed by atoms with van der Waals surface area (Å²) in [5.74, 6) is 1.48. The molecule has 1 aromatic carbocycles. The molecule has 0 fully saturated rings. The van der Waals surface area contributed by atoms with Crippen LogP contribution in [0.15, 0.2) is 18.2 Å². The molecule has 0 aliphatic heterocycles. The monoisotopic (exact) mass is 283 g/mol. The minimum absolute atomic E-state index is 0.0979. The van der Waals surface area contributed by atoms with Crippen LogP contribution in [0.5, 0.6) is 11.5 Å². The molecule has 1 unspecified atom stereocenters. The Bertz CT molecular complexity index is 410. The van der Waals surface area contributed by atoms with E-state index < -0.39 is 5.54 Å². The summed E-state index contributed by atoms with van der Waals surface area (Å²) in [5, 5.41) is 22.3. The summed E-state index contributed by atoms with van der Waals surface area (Å²) in [6.45, 7) is 3.63. The van der Waals surface area contributed by atoms with E-state index in [1.807, 2.05) is 32.0 Å². The van der Waals surface area contributed by atoms with Crippen LogP contribution in [0, 0.1) is 0 Å². The molecule has 20 heavy (non-hydrogen) atoms. The Morgan fingerprint density at radius 3 is 2.30 bits per heavy atom. The summed E-state index contributed by atoms with van der Waals surface area (Å²) < 4.78 is 10.6. The molecule has 5 nitrogen and oxygen atoms in total. The van der Waals surface area contributed by atoms with E-state index in [0.717, 1.165) is 17.1 Å². The molecule has 114 valence electrons. The van der Waals surface area contributed by atoms with Crippen LogP contribution in [0.25, 0.3) is 0 Å². The highest BCUT2D eigenvalue weighted by molar-refractivity contribution is 5.42. The average molecular weight is 283 g/mol. The summed E-state index contributed by atoms with van der Waals surface area (Å²) in [4.78, 5) is 0. The predicted molar refractivity (Wildman–Crippen MR) is 78.3 cm³/mol. The number of hydrogen-bond acceptors (Lipinski definition) is 5. The third-order valence-corrected chi connectivity index (χ3v) is 3.71. The third kappa shape index (κ3) is 3.62. The van der Waals surface area contributed by atoms with E-state index in [1.54, 1.807) is 14.2 Å². The van der Waals surface area contributed by atoms with E-state index in [1.165, 1.54) is 0 Å². The second kappa shape index (κ2) is 7.47. The quantitative estimate of drug-likeness (QED) is 0.674. The van der Waals surface area contributed by atoms with Crippen LogP contribution in [0.3, 0.4) is 0 Å². The van der Waals surface area contributed by atoms with Gasteiger partial charge in [0.2, 0.25) is 0 Å². The number of hydrogen-bond donors (Lipinski definition) is 3. The van der Waals surface area contributed by atoms with Gasteiger partial charge in [0.05, 0.1) is 33.0 Å². The van der Waals surface area contributed by atoms with Gasteiger partial charge in [-0.25, -0.2) is 0 Å². The predicted octanol–water partition coefficient (Wildman–Crippen LogP) is 1.49. The van der Waals surface area contributed by atoms with Gasteiger partial charge in [-0.15, -0.1) is 0 Å². The topological polar surface area (TPSA) is 71.0 Å². The molecule has 0 saturated carbocycles. The first-order chi connectivity index (χ1) is 9.55. The van der Waals surface area contributed by atoms with Crippen LogP contribution >= 0.6 is 0 Å². The van der Waals surface area contributed by atoms with Gasteiger partial charge in [0.1, 0.15) is 11.5 Å². The Hall–Kier alpha value is -1.30. The maximum Gasteiger partial charge on any atom is 0.123 e. The van der Waals surface area contributed by atoms with Crippen molar-refractivity contribution in [2.75, 3.05) is 27.4 Å². The number of rotatable bonds is 8. The summed E-state index contributed by atoms with van der Waals surface area (Å²) >= 11 is 0. The van der Waals surface area contributed by atoms with Gasteiger partial charge in [0, 0.05) is 11.6 Å². The van der Waals surface area contributed by atoms with Crippen LogP contribution in [-0.2, 0) is 0 Å². The Kier molecular flexibility index (Phi) is 6.26. The van der Waals surface area contributed by atoms with Crippen LogP contribution in [0.1, 0.15) is 31.9 Å². The van der Waals surface area contributed by atoms with Crippen LogP contribution < -0.4 is 14.8 Å². The first-order valence-corrected chi connectivity index (χ1v) is 6.77. The van der Waals surface area contributed by atoms with E-state index >= 15 is 0 Å². The molecule has 0 aliphatic rings. The van der Waals surface area contributed by atoms with Crippen molar-refractivity contribution in [2.45, 2.75) is 31.8 Å². The van der Waals surface area contributed by atoms with Crippen molar-refractivity contribution in [3.8, 4) is 11.5 Å². The summed E-state index contributed by atoms with van der Waals surface area (Å²) in [7, 11) is 3.23. The molecule has 0 heterocycles. The minimum atomic E-state index is -0.701. The van der Waals surface area contributed by atoms with E-state index in [-0.39, 0.29) is 19.3 Å². The molecule has 3 N–H and O–H groups in total. The Labute approximate surface area is 120 Å². The standard InChI is InChI=1S/C15H25NO4/c1-5-15(9-17,10-18)16-11(2)13-8-12(19-3)6-7-14(13)20-4/h6-8,11,16-18H,5,9-10H2,1-4H3. The first-order valence-electron chi connectivity index (χ1n) is 6.77. The lowest BCUT2D eigenvalue weighted by Crippen LogP contribution is -2.52. The highest BCUT2D eigenvalue weighted by Gasteiger charge is 2.29. The Balaban J connectivity index is 3.03. The van der Waals surface area contributed by atoms with Gasteiger partial charge in [-0.1, -0.05) is 6.92 Å². The number of ether oxygens (including phenoxy) is 2. The van der Waals surface area contributed by atoms with Gasteiger partial charge in [0.15, 0.2) is 0 Å². The molecule has 0 aliphatic carbocycles. The van der Waals surface area contributed by atoms with Crippen LogP contribution in [-0.4, -0.2) is 43.2 Å². The van der Waals surface area contributed by atoms with E-state index in [0.29, 0.717) is 6.42 Å². The number of aliphatic hydroxyl groups excluding tert-OH is 2. The number of benzene rings is 1. The van der Waals surface area contributed by atoms with Crippen molar-refractivity contribution in [1.29, 1.82) is 0 Å². The van der Waals surface area contributed by atoms with E-state index in [4.69, 9.17) is 9.47 Å². The Morgan fingerprint density at radius 1 is 1.20 bits per heavy atom. The maximum absolute atomic E-state index is 9.52. The highest BCUT2D eigenvalue weighted by atomic mass is 16.5. The smallest absolute Gasteiger partial charge is 0.123 e. The van der Waals surface area contributed by atoms with Crippen molar-refractivity contribution >= 4 is 0 Å². The van der Waals surface area contributed by atoms with Gasteiger partial charge in [-0.3, -0.25) is 0 Å². The summed E-state index contributed by atoms with van der Waals surface area (Å²) in [6.07, 6.45) is 0.622. The fraction of sp³-hybridized carbons (Fsp3) is 0.600. The van der Waals surface area contributed by atoms with Crippen LogP contribution in [0.2, 0.25) is 0 Å².